The fourth-order valence-corrected chi connectivity index (χ4v) is 3.75. The van der Waals surface area contributed by atoms with Crippen LogP contribution in [0.5, 0.6) is 5.88 Å². The van der Waals surface area contributed by atoms with Gasteiger partial charge in [0.1, 0.15) is 11.7 Å². The first-order chi connectivity index (χ1) is 14.2. The van der Waals surface area contributed by atoms with Gasteiger partial charge in [-0.2, -0.15) is 13.2 Å². The van der Waals surface area contributed by atoms with E-state index in [0.29, 0.717) is 41.9 Å². The number of alkyl halides is 3. The Labute approximate surface area is 173 Å². The van der Waals surface area contributed by atoms with E-state index in [1.807, 2.05) is 0 Å². The molecule has 4 rings (SSSR count). The van der Waals surface area contributed by atoms with Crippen molar-refractivity contribution >= 4 is 34.2 Å². The van der Waals surface area contributed by atoms with Crippen molar-refractivity contribution in [1.29, 1.82) is 0 Å². The quantitative estimate of drug-likeness (QED) is 0.597. The van der Waals surface area contributed by atoms with Gasteiger partial charge in [0.2, 0.25) is 11.6 Å². The second kappa shape index (κ2) is 7.71. The average molecular weight is 441 g/mol. The van der Waals surface area contributed by atoms with Crippen molar-refractivity contribution in [3.8, 4) is 5.88 Å². The maximum atomic E-state index is 12.6. The number of fused-ring (bicyclic) bond motifs is 1. The van der Waals surface area contributed by atoms with Crippen molar-refractivity contribution in [1.82, 2.24) is 4.98 Å². The molecule has 1 aromatic carbocycles. The highest BCUT2D eigenvalue weighted by molar-refractivity contribution is 6.38. The molecule has 158 valence electrons. The topological polar surface area (TPSA) is 75.8 Å². The van der Waals surface area contributed by atoms with Crippen molar-refractivity contribution in [3.63, 3.8) is 0 Å². The summed E-state index contributed by atoms with van der Waals surface area (Å²) < 4.78 is 48.8. The minimum absolute atomic E-state index is 0.153. The van der Waals surface area contributed by atoms with Crippen LogP contribution in [-0.2, 0) is 6.18 Å². The third-order valence-electron chi connectivity index (χ3n) is 4.96. The first-order valence-electron chi connectivity index (χ1n) is 9.12. The summed E-state index contributed by atoms with van der Waals surface area (Å²) in [5.41, 5.74) is 0.334. The first-order valence-corrected chi connectivity index (χ1v) is 9.50. The number of hydrogen-bond acceptors (Lipinski definition) is 5. The van der Waals surface area contributed by atoms with E-state index >= 15 is 0 Å². The molecular formula is C20H16ClF3N2O4. The van der Waals surface area contributed by atoms with Gasteiger partial charge in [0.25, 0.3) is 0 Å². The van der Waals surface area contributed by atoms with E-state index < -0.39 is 17.7 Å². The highest BCUT2D eigenvalue weighted by atomic mass is 35.5. The van der Waals surface area contributed by atoms with Crippen molar-refractivity contribution < 1.29 is 32.2 Å². The highest BCUT2D eigenvalue weighted by Gasteiger charge is 2.31. The van der Waals surface area contributed by atoms with Crippen molar-refractivity contribution in [3.05, 3.63) is 52.9 Å². The van der Waals surface area contributed by atoms with Gasteiger partial charge in [0, 0.05) is 49.6 Å². The van der Waals surface area contributed by atoms with Crippen LogP contribution in [0.4, 0.5) is 18.9 Å². The molecule has 1 fully saturated rings. The predicted molar refractivity (Wildman–Crippen MR) is 103 cm³/mol. The van der Waals surface area contributed by atoms with E-state index in [0.717, 1.165) is 18.0 Å². The SMILES string of the molecule is O=C(O)c1cc2c(Cl)c(N3CCC(Oc4ccc(C(F)(F)F)cn4)CC3)ccc2o1. The Morgan fingerprint density at radius 1 is 1.23 bits per heavy atom. The molecule has 2 aromatic heterocycles. The number of piperidine rings is 1. The standard InChI is InChI=1S/C20H16ClF3N2O4/c21-18-13-9-16(19(27)28)30-15(13)3-2-14(18)26-7-5-12(6-8-26)29-17-4-1-11(10-25-17)20(22,23)24/h1-4,9-10,12H,5-8H2,(H,27,28). The Bertz CT molecular complexity index is 1070. The summed E-state index contributed by atoms with van der Waals surface area (Å²) in [6.45, 7) is 1.22. The van der Waals surface area contributed by atoms with Gasteiger partial charge in [-0.05, 0) is 18.2 Å². The monoisotopic (exact) mass is 440 g/mol. The molecule has 1 aliphatic rings. The Morgan fingerprint density at radius 3 is 2.57 bits per heavy atom. The number of benzene rings is 1. The number of rotatable bonds is 4. The van der Waals surface area contributed by atoms with Gasteiger partial charge >= 0.3 is 12.1 Å². The van der Waals surface area contributed by atoms with Crippen LogP contribution < -0.4 is 9.64 Å². The van der Waals surface area contributed by atoms with Gasteiger partial charge in [-0.15, -0.1) is 0 Å². The zero-order chi connectivity index (χ0) is 21.5. The average Bonchev–Trinajstić information content (AvgIpc) is 3.15. The van der Waals surface area contributed by atoms with Crippen LogP contribution in [0.1, 0.15) is 29.0 Å². The van der Waals surface area contributed by atoms with Crippen LogP contribution >= 0.6 is 11.6 Å². The molecule has 0 spiro atoms. The largest absolute Gasteiger partial charge is 0.475 e. The van der Waals surface area contributed by atoms with Gasteiger partial charge in [0.15, 0.2) is 0 Å². The molecule has 0 aliphatic carbocycles. The molecule has 0 atom stereocenters. The number of aromatic nitrogens is 1. The molecule has 0 unspecified atom stereocenters. The van der Waals surface area contributed by atoms with Crippen molar-refractivity contribution in [2.24, 2.45) is 0 Å². The third kappa shape index (κ3) is 4.02. The molecule has 6 nitrogen and oxygen atoms in total. The van der Waals surface area contributed by atoms with Crippen LogP contribution in [0.3, 0.4) is 0 Å². The zero-order valence-electron chi connectivity index (χ0n) is 15.4. The molecule has 0 bridgehead atoms. The minimum atomic E-state index is -4.43. The summed E-state index contributed by atoms with van der Waals surface area (Å²) in [5, 5.41) is 10.0. The molecular weight excluding hydrogens is 425 g/mol. The summed E-state index contributed by atoms with van der Waals surface area (Å²) in [6, 6.07) is 7.02. The molecule has 1 N–H and O–H groups in total. The van der Waals surface area contributed by atoms with Gasteiger partial charge in [-0.1, -0.05) is 11.6 Å². The Balaban J connectivity index is 1.42. The number of nitrogens with zero attached hydrogens (tertiary/aromatic N) is 2. The van der Waals surface area contributed by atoms with Crippen LogP contribution in [0.25, 0.3) is 11.0 Å². The number of ether oxygens (including phenoxy) is 1. The van der Waals surface area contributed by atoms with Gasteiger partial charge in [0.05, 0.1) is 16.3 Å². The van der Waals surface area contributed by atoms with Gasteiger partial charge in [-0.3, -0.25) is 0 Å². The number of aromatic carboxylic acids is 1. The van der Waals surface area contributed by atoms with E-state index in [2.05, 4.69) is 9.88 Å². The summed E-state index contributed by atoms with van der Waals surface area (Å²) in [7, 11) is 0. The number of hydrogen-bond donors (Lipinski definition) is 1. The lowest BCUT2D eigenvalue weighted by Crippen LogP contribution is -2.38. The minimum Gasteiger partial charge on any atom is -0.475 e. The fraction of sp³-hybridized carbons (Fsp3) is 0.300. The van der Waals surface area contributed by atoms with Crippen LogP contribution in [0.2, 0.25) is 5.02 Å². The number of anilines is 1. The molecule has 0 saturated carbocycles. The third-order valence-corrected chi connectivity index (χ3v) is 5.36. The highest BCUT2D eigenvalue weighted by Crippen LogP contribution is 2.37. The number of carboxylic acids is 1. The second-order valence-electron chi connectivity index (χ2n) is 6.91. The summed E-state index contributed by atoms with van der Waals surface area (Å²) in [5.74, 6) is -1.20. The Morgan fingerprint density at radius 2 is 1.97 bits per heavy atom. The second-order valence-corrected chi connectivity index (χ2v) is 7.29. The fourth-order valence-electron chi connectivity index (χ4n) is 3.42. The number of carbonyl (C=O) groups is 1. The lowest BCUT2D eigenvalue weighted by molar-refractivity contribution is -0.137. The maximum absolute atomic E-state index is 12.6. The Kier molecular flexibility index (Phi) is 5.23. The van der Waals surface area contributed by atoms with Crippen molar-refractivity contribution in [2.75, 3.05) is 18.0 Å². The summed E-state index contributed by atoms with van der Waals surface area (Å²) in [6.07, 6.45) is -2.60. The lowest BCUT2D eigenvalue weighted by Gasteiger charge is -2.34. The number of halogens is 4. The molecule has 3 aromatic rings. The number of carboxylic acid groups (broad SMARTS) is 1. The van der Waals surface area contributed by atoms with Gasteiger partial charge in [-0.25, -0.2) is 9.78 Å². The Hall–Kier alpha value is -2.94. The smallest absolute Gasteiger partial charge is 0.417 e. The van der Waals surface area contributed by atoms with E-state index in [1.165, 1.54) is 12.1 Å². The number of pyridine rings is 1. The van der Waals surface area contributed by atoms with Gasteiger partial charge < -0.3 is 19.2 Å². The zero-order valence-corrected chi connectivity index (χ0v) is 16.2. The number of furan rings is 1. The van der Waals surface area contributed by atoms with E-state index in [4.69, 9.17) is 25.9 Å². The van der Waals surface area contributed by atoms with E-state index in [-0.39, 0.29) is 17.7 Å². The molecule has 30 heavy (non-hydrogen) atoms. The van der Waals surface area contributed by atoms with Crippen LogP contribution in [0, 0.1) is 0 Å². The lowest BCUT2D eigenvalue weighted by atomic mass is 10.1. The molecule has 1 saturated heterocycles. The van der Waals surface area contributed by atoms with Crippen molar-refractivity contribution in [2.45, 2.75) is 25.1 Å². The normalized spacial score (nSPS) is 15.5. The van der Waals surface area contributed by atoms with E-state index in [9.17, 15) is 18.0 Å². The molecule has 0 amide bonds. The summed E-state index contributed by atoms with van der Waals surface area (Å²) in [4.78, 5) is 16.9. The molecule has 10 heteroatoms. The molecule has 1 aliphatic heterocycles. The molecule has 3 heterocycles. The molecule has 0 radical (unpaired) electrons. The predicted octanol–water partition coefficient (Wildman–Crippen LogP) is 5.25. The maximum Gasteiger partial charge on any atom is 0.417 e. The van der Waals surface area contributed by atoms with Crippen LogP contribution in [-0.4, -0.2) is 35.3 Å². The summed E-state index contributed by atoms with van der Waals surface area (Å²) >= 11 is 6.48. The van der Waals surface area contributed by atoms with Crippen LogP contribution in [0.15, 0.2) is 40.9 Å². The van der Waals surface area contributed by atoms with E-state index in [1.54, 1.807) is 12.1 Å². The first kappa shape index (κ1) is 20.3.